The van der Waals surface area contributed by atoms with E-state index >= 15 is 0 Å². The Hall–Kier alpha value is -3.38. The van der Waals surface area contributed by atoms with Gasteiger partial charge >= 0.3 is 0 Å². The van der Waals surface area contributed by atoms with Gasteiger partial charge in [0.05, 0.1) is 12.5 Å². The lowest BCUT2D eigenvalue weighted by Gasteiger charge is -2.36. The predicted octanol–water partition coefficient (Wildman–Crippen LogP) is 3.37. The van der Waals surface area contributed by atoms with Gasteiger partial charge in [-0.1, -0.05) is 30.3 Å². The molecule has 3 aromatic rings. The van der Waals surface area contributed by atoms with Crippen molar-refractivity contribution in [1.29, 1.82) is 0 Å². The van der Waals surface area contributed by atoms with Crippen molar-refractivity contribution in [2.24, 2.45) is 5.10 Å². The first-order valence-corrected chi connectivity index (χ1v) is 9.76. The fraction of sp³-hybridized carbons (Fsp3) is 0.217. The van der Waals surface area contributed by atoms with Gasteiger partial charge in [-0.3, -0.25) is 9.69 Å². The molecule has 0 atom stereocenters. The van der Waals surface area contributed by atoms with Gasteiger partial charge in [-0.15, -0.1) is 0 Å². The molecule has 1 saturated heterocycles. The summed E-state index contributed by atoms with van der Waals surface area (Å²) in [7, 11) is 0. The van der Waals surface area contributed by atoms with Crippen LogP contribution >= 0.6 is 0 Å². The van der Waals surface area contributed by atoms with Gasteiger partial charge in [0.2, 0.25) is 0 Å². The Bertz CT molecular complexity index is 929. The summed E-state index contributed by atoms with van der Waals surface area (Å²) in [5, 5.41) is 3.91. The Morgan fingerprint density at radius 3 is 2.41 bits per heavy atom. The molecule has 0 saturated carbocycles. The fourth-order valence-electron chi connectivity index (χ4n) is 3.41. The van der Waals surface area contributed by atoms with E-state index in [0.29, 0.717) is 11.3 Å². The first-order valence-electron chi connectivity index (χ1n) is 9.76. The maximum Gasteiger partial charge on any atom is 0.271 e. The van der Waals surface area contributed by atoms with Gasteiger partial charge in [0.25, 0.3) is 5.91 Å². The number of hydrogen-bond donors (Lipinski definition) is 1. The van der Waals surface area contributed by atoms with Crippen molar-refractivity contribution in [3.8, 4) is 0 Å². The number of benzene rings is 2. The number of carbonyl (C=O) groups is 1. The number of hydrazone groups is 1. The summed E-state index contributed by atoms with van der Waals surface area (Å²) in [6.45, 7) is 4.99. The quantitative estimate of drug-likeness (QED) is 0.520. The minimum Gasteiger partial charge on any atom is -0.463 e. The van der Waals surface area contributed by atoms with E-state index in [1.807, 2.05) is 24.3 Å². The van der Waals surface area contributed by atoms with E-state index in [9.17, 15) is 4.79 Å². The highest BCUT2D eigenvalue weighted by molar-refractivity contribution is 5.94. The average molecular weight is 388 g/mol. The highest BCUT2D eigenvalue weighted by atomic mass is 16.3. The zero-order valence-corrected chi connectivity index (χ0v) is 16.2. The van der Waals surface area contributed by atoms with E-state index in [-0.39, 0.29) is 5.91 Å². The Morgan fingerprint density at radius 2 is 1.72 bits per heavy atom. The Labute approximate surface area is 170 Å². The van der Waals surface area contributed by atoms with Crippen molar-refractivity contribution in [2.75, 3.05) is 31.1 Å². The lowest BCUT2D eigenvalue weighted by molar-refractivity contribution is 0.0955. The zero-order valence-electron chi connectivity index (χ0n) is 16.2. The summed E-state index contributed by atoms with van der Waals surface area (Å²) in [4.78, 5) is 17.0. The number of hydrogen-bond acceptors (Lipinski definition) is 5. The van der Waals surface area contributed by atoms with Crippen molar-refractivity contribution < 1.29 is 9.21 Å². The second-order valence-electron chi connectivity index (χ2n) is 7.01. The van der Waals surface area contributed by atoms with Crippen LogP contribution in [-0.4, -0.2) is 43.2 Å². The monoisotopic (exact) mass is 388 g/mol. The number of piperazine rings is 1. The van der Waals surface area contributed by atoms with Gasteiger partial charge < -0.3 is 9.32 Å². The normalized spacial score (nSPS) is 15.0. The molecule has 2 aromatic carbocycles. The maximum atomic E-state index is 12.2. The molecule has 1 aromatic heterocycles. The van der Waals surface area contributed by atoms with E-state index in [2.05, 4.69) is 50.7 Å². The number of carbonyl (C=O) groups excluding carboxylic acids is 1. The van der Waals surface area contributed by atoms with E-state index in [1.54, 1.807) is 18.4 Å². The molecule has 29 heavy (non-hydrogen) atoms. The molecule has 1 aliphatic heterocycles. The van der Waals surface area contributed by atoms with E-state index in [1.165, 1.54) is 17.5 Å². The molecule has 0 unspecified atom stereocenters. The largest absolute Gasteiger partial charge is 0.463 e. The summed E-state index contributed by atoms with van der Waals surface area (Å²) >= 11 is 0. The number of amides is 1. The SMILES string of the molecule is O=C(N/N=C\c1ccco1)c1ccc(CN2CCN(c3ccccc3)CC2)cc1. The molecule has 148 valence electrons. The van der Waals surface area contributed by atoms with Gasteiger partial charge in [-0.25, -0.2) is 5.43 Å². The molecule has 1 N–H and O–H groups in total. The van der Waals surface area contributed by atoms with Crippen LogP contribution in [0.15, 0.2) is 82.5 Å². The van der Waals surface area contributed by atoms with Gasteiger partial charge in [0, 0.05) is 44.0 Å². The van der Waals surface area contributed by atoms with Crippen LogP contribution in [0.5, 0.6) is 0 Å². The number of rotatable bonds is 6. The minimum absolute atomic E-state index is 0.240. The number of nitrogens with zero attached hydrogens (tertiary/aromatic N) is 3. The molecular weight excluding hydrogens is 364 g/mol. The van der Waals surface area contributed by atoms with Crippen LogP contribution in [0.1, 0.15) is 21.7 Å². The standard InChI is InChI=1S/C23H24N4O2/c28-23(25-24-17-22-7-4-16-29-22)20-10-8-19(9-11-20)18-26-12-14-27(15-13-26)21-5-2-1-3-6-21/h1-11,16-17H,12-15,18H2,(H,25,28)/b24-17-. The minimum atomic E-state index is -0.240. The van der Waals surface area contributed by atoms with Gasteiger partial charge in [-0.05, 0) is 42.0 Å². The molecule has 0 radical (unpaired) electrons. The molecule has 1 fully saturated rings. The summed E-state index contributed by atoms with van der Waals surface area (Å²) in [6, 6.07) is 21.8. The summed E-state index contributed by atoms with van der Waals surface area (Å²) in [6.07, 6.45) is 3.03. The van der Waals surface area contributed by atoms with Crippen molar-refractivity contribution in [2.45, 2.75) is 6.54 Å². The topological polar surface area (TPSA) is 61.1 Å². The van der Waals surface area contributed by atoms with E-state index in [0.717, 1.165) is 32.7 Å². The second-order valence-corrected chi connectivity index (χ2v) is 7.01. The second kappa shape index (κ2) is 9.21. The van der Waals surface area contributed by atoms with Crippen molar-refractivity contribution >= 4 is 17.8 Å². The smallest absolute Gasteiger partial charge is 0.271 e. The van der Waals surface area contributed by atoms with Gasteiger partial charge in [0.1, 0.15) is 5.76 Å². The summed E-state index contributed by atoms with van der Waals surface area (Å²) < 4.78 is 5.13. The Kier molecular flexibility index (Phi) is 6.02. The van der Waals surface area contributed by atoms with Crippen LogP contribution in [0.4, 0.5) is 5.69 Å². The van der Waals surface area contributed by atoms with Crippen LogP contribution in [0, 0.1) is 0 Å². The zero-order chi connectivity index (χ0) is 19.9. The number of anilines is 1. The van der Waals surface area contributed by atoms with Gasteiger partial charge in [-0.2, -0.15) is 5.10 Å². The predicted molar refractivity (Wildman–Crippen MR) is 114 cm³/mol. The molecule has 0 spiro atoms. The fourth-order valence-corrected chi connectivity index (χ4v) is 3.41. The third kappa shape index (κ3) is 5.12. The molecule has 6 heteroatoms. The van der Waals surface area contributed by atoms with Crippen molar-refractivity contribution in [3.63, 3.8) is 0 Å². The van der Waals surface area contributed by atoms with Crippen molar-refractivity contribution in [1.82, 2.24) is 10.3 Å². The number of para-hydroxylation sites is 1. The average Bonchev–Trinajstić information content (AvgIpc) is 3.29. The first kappa shape index (κ1) is 19.0. The number of nitrogens with one attached hydrogen (secondary N) is 1. The third-order valence-electron chi connectivity index (χ3n) is 5.02. The lowest BCUT2D eigenvalue weighted by atomic mass is 10.1. The molecule has 2 heterocycles. The van der Waals surface area contributed by atoms with Crippen LogP contribution in [0.3, 0.4) is 0 Å². The Morgan fingerprint density at radius 1 is 0.966 bits per heavy atom. The molecule has 1 aliphatic rings. The van der Waals surface area contributed by atoms with Gasteiger partial charge in [0.15, 0.2) is 0 Å². The van der Waals surface area contributed by atoms with Crippen LogP contribution in [0.2, 0.25) is 0 Å². The highest BCUT2D eigenvalue weighted by Gasteiger charge is 2.17. The summed E-state index contributed by atoms with van der Waals surface area (Å²) in [5.41, 5.74) is 5.59. The molecule has 6 nitrogen and oxygen atoms in total. The van der Waals surface area contributed by atoms with Crippen LogP contribution in [0.25, 0.3) is 0 Å². The van der Waals surface area contributed by atoms with E-state index in [4.69, 9.17) is 4.42 Å². The molecule has 0 bridgehead atoms. The van der Waals surface area contributed by atoms with Crippen LogP contribution in [-0.2, 0) is 6.54 Å². The molecule has 1 amide bonds. The third-order valence-corrected chi connectivity index (χ3v) is 5.02. The molecule has 4 rings (SSSR count). The first-order chi connectivity index (χ1) is 14.3. The molecular formula is C23H24N4O2. The summed E-state index contributed by atoms with van der Waals surface area (Å²) in [5.74, 6) is 0.351. The maximum absolute atomic E-state index is 12.2. The Balaban J connectivity index is 1.26. The van der Waals surface area contributed by atoms with E-state index < -0.39 is 0 Å². The number of furan rings is 1. The lowest BCUT2D eigenvalue weighted by Crippen LogP contribution is -2.45. The van der Waals surface area contributed by atoms with Crippen molar-refractivity contribution in [3.05, 3.63) is 89.9 Å². The van der Waals surface area contributed by atoms with Crippen LogP contribution < -0.4 is 10.3 Å². The molecule has 0 aliphatic carbocycles. The highest BCUT2D eigenvalue weighted by Crippen LogP contribution is 2.17.